The van der Waals surface area contributed by atoms with Crippen LogP contribution < -0.4 is 15.4 Å². The Morgan fingerprint density at radius 3 is 3.00 bits per heavy atom. The van der Waals surface area contributed by atoms with E-state index in [4.69, 9.17) is 4.74 Å². The van der Waals surface area contributed by atoms with Gasteiger partial charge in [-0.3, -0.25) is 9.20 Å². The number of aliphatic imine (C=N–C) groups is 1. The molecule has 2 rings (SSSR count). The van der Waals surface area contributed by atoms with Gasteiger partial charge >= 0.3 is 0 Å². The van der Waals surface area contributed by atoms with Crippen LogP contribution in [0, 0.1) is 0 Å². The summed E-state index contributed by atoms with van der Waals surface area (Å²) >= 11 is 0. The summed E-state index contributed by atoms with van der Waals surface area (Å²) in [6.45, 7) is 5.14. The summed E-state index contributed by atoms with van der Waals surface area (Å²) in [7, 11) is 1.06. The highest BCUT2D eigenvalue weighted by Crippen LogP contribution is 2.23. The Balaban J connectivity index is 1.90. The molecule has 1 saturated carbocycles. The Bertz CT molecular complexity index is 594. The first-order chi connectivity index (χ1) is 12.2. The SMILES string of the molecule is CCOc1ncccc1CNC(=NC)NC1CCCC(S(=O)CC)C1. The zero-order chi connectivity index (χ0) is 18.1. The summed E-state index contributed by atoms with van der Waals surface area (Å²) < 4.78 is 17.7. The molecule has 1 aromatic heterocycles. The number of aromatic nitrogens is 1. The minimum atomic E-state index is -0.715. The minimum absolute atomic E-state index is 0.303. The molecule has 0 bridgehead atoms. The molecule has 1 aromatic rings. The van der Waals surface area contributed by atoms with Crippen LogP contribution in [0.4, 0.5) is 0 Å². The second kappa shape index (κ2) is 10.4. The van der Waals surface area contributed by atoms with E-state index in [1.54, 1.807) is 13.2 Å². The number of hydrogen-bond acceptors (Lipinski definition) is 4. The maximum absolute atomic E-state index is 12.1. The van der Waals surface area contributed by atoms with Gasteiger partial charge in [0.2, 0.25) is 5.88 Å². The summed E-state index contributed by atoms with van der Waals surface area (Å²) in [5.41, 5.74) is 1.00. The second-order valence-corrected chi connectivity index (χ2v) is 8.13. The van der Waals surface area contributed by atoms with E-state index in [0.29, 0.717) is 30.3 Å². The van der Waals surface area contributed by atoms with E-state index in [9.17, 15) is 4.21 Å². The number of hydrogen-bond donors (Lipinski definition) is 2. The fourth-order valence-electron chi connectivity index (χ4n) is 3.14. The number of rotatable bonds is 7. The molecule has 1 heterocycles. The predicted octanol–water partition coefficient (Wildman–Crippen LogP) is 2.23. The van der Waals surface area contributed by atoms with Gasteiger partial charge in [0.05, 0.1) is 6.61 Å². The van der Waals surface area contributed by atoms with Crippen molar-refractivity contribution in [2.24, 2.45) is 4.99 Å². The van der Waals surface area contributed by atoms with E-state index in [-0.39, 0.29) is 0 Å². The van der Waals surface area contributed by atoms with Gasteiger partial charge in [-0.1, -0.05) is 19.4 Å². The average molecular weight is 367 g/mol. The molecule has 0 amide bonds. The largest absolute Gasteiger partial charge is 0.478 e. The van der Waals surface area contributed by atoms with Crippen LogP contribution in [0.2, 0.25) is 0 Å². The van der Waals surface area contributed by atoms with Gasteiger partial charge in [0, 0.05) is 53.2 Å². The Labute approximate surface area is 153 Å². The molecule has 0 radical (unpaired) electrons. The summed E-state index contributed by atoms with van der Waals surface area (Å²) in [6, 6.07) is 4.22. The Morgan fingerprint density at radius 1 is 1.44 bits per heavy atom. The number of guanidine groups is 1. The van der Waals surface area contributed by atoms with E-state index in [2.05, 4.69) is 20.6 Å². The summed E-state index contributed by atoms with van der Waals surface area (Å²) in [4.78, 5) is 8.59. The molecule has 0 spiro atoms. The molecule has 140 valence electrons. The normalized spacial score (nSPS) is 22.3. The first kappa shape index (κ1) is 19.7. The third-order valence-corrected chi connectivity index (χ3v) is 6.16. The van der Waals surface area contributed by atoms with Crippen LogP contribution in [0.5, 0.6) is 5.88 Å². The third-order valence-electron chi connectivity index (χ3n) is 4.42. The minimum Gasteiger partial charge on any atom is -0.478 e. The van der Waals surface area contributed by atoms with Crippen molar-refractivity contribution in [3.05, 3.63) is 23.9 Å². The van der Waals surface area contributed by atoms with Crippen LogP contribution in [0.25, 0.3) is 0 Å². The molecule has 0 aliphatic heterocycles. The van der Waals surface area contributed by atoms with Crippen LogP contribution >= 0.6 is 0 Å². The topological polar surface area (TPSA) is 75.6 Å². The predicted molar refractivity (Wildman–Crippen MR) is 103 cm³/mol. The van der Waals surface area contributed by atoms with Gasteiger partial charge in [-0.05, 0) is 32.3 Å². The Hall–Kier alpha value is -1.63. The summed E-state index contributed by atoms with van der Waals surface area (Å²) in [6.07, 6.45) is 5.95. The van der Waals surface area contributed by atoms with E-state index in [0.717, 1.165) is 43.0 Å². The van der Waals surface area contributed by atoms with Gasteiger partial charge in [0.15, 0.2) is 5.96 Å². The zero-order valence-electron chi connectivity index (χ0n) is 15.5. The maximum atomic E-state index is 12.1. The lowest BCUT2D eigenvalue weighted by atomic mass is 9.95. The van der Waals surface area contributed by atoms with E-state index < -0.39 is 10.8 Å². The van der Waals surface area contributed by atoms with Crippen molar-refractivity contribution in [3.63, 3.8) is 0 Å². The number of nitrogens with one attached hydrogen (secondary N) is 2. The van der Waals surface area contributed by atoms with Crippen molar-refractivity contribution in [3.8, 4) is 5.88 Å². The molecule has 1 aliphatic rings. The molecule has 2 N–H and O–H groups in total. The average Bonchev–Trinajstić information content (AvgIpc) is 2.66. The molecule has 1 aliphatic carbocycles. The van der Waals surface area contributed by atoms with Crippen molar-refractivity contribution in [2.45, 2.75) is 57.4 Å². The molecule has 7 heteroatoms. The van der Waals surface area contributed by atoms with Gasteiger partial charge in [-0.2, -0.15) is 0 Å². The molecule has 3 unspecified atom stereocenters. The van der Waals surface area contributed by atoms with Crippen molar-refractivity contribution in [1.82, 2.24) is 15.6 Å². The summed E-state index contributed by atoms with van der Waals surface area (Å²) in [5, 5.41) is 7.12. The fraction of sp³-hybridized carbons (Fsp3) is 0.667. The van der Waals surface area contributed by atoms with Gasteiger partial charge in [0.1, 0.15) is 0 Å². The van der Waals surface area contributed by atoms with Crippen LogP contribution in [0.1, 0.15) is 45.1 Å². The van der Waals surface area contributed by atoms with Gasteiger partial charge in [0.25, 0.3) is 0 Å². The summed E-state index contributed by atoms with van der Waals surface area (Å²) in [5.74, 6) is 2.16. The number of nitrogens with zero attached hydrogens (tertiary/aromatic N) is 2. The van der Waals surface area contributed by atoms with Gasteiger partial charge < -0.3 is 15.4 Å². The highest BCUT2D eigenvalue weighted by molar-refractivity contribution is 7.85. The molecule has 3 atom stereocenters. The van der Waals surface area contributed by atoms with E-state index in [1.165, 1.54) is 0 Å². The first-order valence-electron chi connectivity index (χ1n) is 9.08. The van der Waals surface area contributed by atoms with Crippen LogP contribution in [-0.4, -0.2) is 45.9 Å². The quantitative estimate of drug-likeness (QED) is 0.572. The fourth-order valence-corrected chi connectivity index (χ4v) is 4.49. The van der Waals surface area contributed by atoms with Gasteiger partial charge in [-0.25, -0.2) is 4.98 Å². The maximum Gasteiger partial charge on any atom is 0.218 e. The zero-order valence-corrected chi connectivity index (χ0v) is 16.3. The standard InChI is InChI=1S/C18H30N4O2S/c1-4-24-17-14(8-7-11-20-17)13-21-18(19-3)22-15-9-6-10-16(12-15)25(23)5-2/h7-8,11,15-16H,4-6,9-10,12-13H2,1-3H3,(H2,19,21,22). The molecular weight excluding hydrogens is 336 g/mol. The molecule has 1 fully saturated rings. The molecule has 25 heavy (non-hydrogen) atoms. The van der Waals surface area contributed by atoms with Crippen LogP contribution in [0.15, 0.2) is 23.3 Å². The lowest BCUT2D eigenvalue weighted by molar-refractivity contribution is 0.322. The molecule has 0 saturated heterocycles. The Morgan fingerprint density at radius 2 is 2.28 bits per heavy atom. The van der Waals surface area contributed by atoms with Crippen molar-refractivity contribution in [2.75, 3.05) is 19.4 Å². The monoisotopic (exact) mass is 366 g/mol. The molecular formula is C18H30N4O2S. The lowest BCUT2D eigenvalue weighted by Crippen LogP contribution is -2.46. The highest BCUT2D eigenvalue weighted by atomic mass is 32.2. The van der Waals surface area contributed by atoms with Crippen LogP contribution in [0.3, 0.4) is 0 Å². The molecule has 6 nitrogen and oxygen atoms in total. The highest BCUT2D eigenvalue weighted by Gasteiger charge is 2.26. The lowest BCUT2D eigenvalue weighted by Gasteiger charge is -2.30. The van der Waals surface area contributed by atoms with Gasteiger partial charge in [-0.15, -0.1) is 0 Å². The number of pyridine rings is 1. The van der Waals surface area contributed by atoms with E-state index in [1.807, 2.05) is 26.0 Å². The van der Waals surface area contributed by atoms with Crippen molar-refractivity contribution >= 4 is 16.8 Å². The first-order valence-corrected chi connectivity index (χ1v) is 10.5. The van der Waals surface area contributed by atoms with Crippen LogP contribution in [-0.2, 0) is 17.3 Å². The van der Waals surface area contributed by atoms with Crippen molar-refractivity contribution < 1.29 is 8.95 Å². The second-order valence-electron chi connectivity index (χ2n) is 6.13. The third kappa shape index (κ3) is 5.99. The Kier molecular flexibility index (Phi) is 8.18. The number of ether oxygens (including phenoxy) is 1. The molecule has 0 aromatic carbocycles. The smallest absolute Gasteiger partial charge is 0.218 e. The van der Waals surface area contributed by atoms with Crippen molar-refractivity contribution in [1.29, 1.82) is 0 Å². The van der Waals surface area contributed by atoms with E-state index >= 15 is 0 Å².